The summed E-state index contributed by atoms with van der Waals surface area (Å²) < 4.78 is 32.0. The molecule has 7 nitrogen and oxygen atoms in total. The largest absolute Gasteiger partial charge is 0.484 e. The standard InChI is InChI=1S/C13H15N3O4S2/c1-9-7-15-13(21-9)16-22(18,19)11-5-3-10(4-6-11)20-8-12(17)14-2/h3-7H,8H2,1-2H3,(H,14,17)(H,15,16). The normalized spacial score (nSPS) is 11.0. The molecule has 0 fully saturated rings. The lowest BCUT2D eigenvalue weighted by Crippen LogP contribution is -2.24. The molecular weight excluding hydrogens is 326 g/mol. The summed E-state index contributed by atoms with van der Waals surface area (Å²) in [5, 5.41) is 2.74. The summed E-state index contributed by atoms with van der Waals surface area (Å²) in [4.78, 5) is 16.0. The van der Waals surface area contributed by atoms with E-state index in [1.54, 1.807) is 6.20 Å². The molecule has 0 bridgehead atoms. The Morgan fingerprint density at radius 3 is 2.55 bits per heavy atom. The quantitative estimate of drug-likeness (QED) is 0.827. The molecule has 1 heterocycles. The fraction of sp³-hybridized carbons (Fsp3) is 0.231. The third-order valence-electron chi connectivity index (χ3n) is 2.63. The number of aromatic nitrogens is 1. The Labute approximate surface area is 132 Å². The molecule has 118 valence electrons. The molecule has 0 spiro atoms. The molecule has 0 aliphatic heterocycles. The van der Waals surface area contributed by atoms with Gasteiger partial charge in [-0.2, -0.15) is 0 Å². The summed E-state index contributed by atoms with van der Waals surface area (Å²) >= 11 is 1.26. The lowest BCUT2D eigenvalue weighted by atomic mass is 10.3. The van der Waals surface area contributed by atoms with Gasteiger partial charge in [0, 0.05) is 18.1 Å². The number of carbonyl (C=O) groups excluding carboxylic acids is 1. The van der Waals surface area contributed by atoms with Gasteiger partial charge in [-0.3, -0.25) is 9.52 Å². The predicted octanol–water partition coefficient (Wildman–Crippen LogP) is 1.38. The van der Waals surface area contributed by atoms with Crippen LogP contribution in [-0.4, -0.2) is 33.0 Å². The number of anilines is 1. The van der Waals surface area contributed by atoms with E-state index in [2.05, 4.69) is 15.0 Å². The van der Waals surface area contributed by atoms with Gasteiger partial charge in [0.1, 0.15) is 5.75 Å². The Balaban J connectivity index is 2.07. The molecular formula is C13H15N3O4S2. The van der Waals surface area contributed by atoms with Gasteiger partial charge in [0.15, 0.2) is 11.7 Å². The molecule has 1 aromatic carbocycles. The highest BCUT2D eigenvalue weighted by Gasteiger charge is 2.16. The Morgan fingerprint density at radius 2 is 2.00 bits per heavy atom. The highest BCUT2D eigenvalue weighted by atomic mass is 32.2. The van der Waals surface area contributed by atoms with Gasteiger partial charge in [-0.25, -0.2) is 13.4 Å². The first kappa shape index (κ1) is 16.2. The van der Waals surface area contributed by atoms with Crippen molar-refractivity contribution in [2.24, 2.45) is 0 Å². The molecule has 0 radical (unpaired) electrons. The van der Waals surface area contributed by atoms with Crippen LogP contribution < -0.4 is 14.8 Å². The summed E-state index contributed by atoms with van der Waals surface area (Å²) in [6, 6.07) is 5.79. The third-order valence-corrected chi connectivity index (χ3v) is 4.94. The van der Waals surface area contributed by atoms with Gasteiger partial charge < -0.3 is 10.1 Å². The molecule has 0 atom stereocenters. The first-order valence-electron chi connectivity index (χ1n) is 6.29. The van der Waals surface area contributed by atoms with Crippen LogP contribution in [0.25, 0.3) is 0 Å². The lowest BCUT2D eigenvalue weighted by Gasteiger charge is -2.07. The van der Waals surface area contributed by atoms with Crippen molar-refractivity contribution in [3.63, 3.8) is 0 Å². The molecule has 0 saturated carbocycles. The maximum Gasteiger partial charge on any atom is 0.263 e. The highest BCUT2D eigenvalue weighted by Crippen LogP contribution is 2.22. The number of nitrogens with one attached hydrogen (secondary N) is 2. The van der Waals surface area contributed by atoms with E-state index in [4.69, 9.17) is 4.74 Å². The van der Waals surface area contributed by atoms with Crippen molar-refractivity contribution in [2.75, 3.05) is 18.4 Å². The summed E-state index contributed by atoms with van der Waals surface area (Å²) in [5.41, 5.74) is 0. The minimum Gasteiger partial charge on any atom is -0.484 e. The van der Waals surface area contributed by atoms with E-state index in [9.17, 15) is 13.2 Å². The Hall–Kier alpha value is -2.13. The van der Waals surface area contributed by atoms with Crippen LogP contribution in [0.1, 0.15) is 4.88 Å². The maximum atomic E-state index is 12.2. The van der Waals surface area contributed by atoms with Crippen LogP contribution in [0.15, 0.2) is 35.4 Å². The molecule has 0 aliphatic rings. The minimum absolute atomic E-state index is 0.0904. The van der Waals surface area contributed by atoms with Crippen molar-refractivity contribution < 1.29 is 17.9 Å². The number of hydrogen-bond donors (Lipinski definition) is 2. The Kier molecular flexibility index (Phi) is 4.99. The number of aryl methyl sites for hydroxylation is 1. The van der Waals surface area contributed by atoms with E-state index in [-0.39, 0.29) is 17.4 Å². The summed E-state index contributed by atoms with van der Waals surface area (Å²) in [6.07, 6.45) is 1.60. The first-order chi connectivity index (χ1) is 10.4. The molecule has 2 rings (SSSR count). The topological polar surface area (TPSA) is 97.4 Å². The zero-order valence-corrected chi connectivity index (χ0v) is 13.6. The third kappa shape index (κ3) is 4.18. The monoisotopic (exact) mass is 341 g/mol. The summed E-state index contributed by atoms with van der Waals surface area (Å²) in [7, 11) is -2.18. The van der Waals surface area contributed by atoms with Crippen LogP contribution in [0.5, 0.6) is 5.75 Å². The molecule has 2 aromatic rings. The van der Waals surface area contributed by atoms with Gasteiger partial charge in [-0.05, 0) is 31.2 Å². The number of benzene rings is 1. The number of likely N-dealkylation sites (N-methyl/N-ethyl adjacent to an activating group) is 1. The molecule has 2 N–H and O–H groups in total. The van der Waals surface area contributed by atoms with Gasteiger partial charge in [0.05, 0.1) is 4.90 Å². The van der Waals surface area contributed by atoms with Crippen LogP contribution in [0.2, 0.25) is 0 Å². The number of carbonyl (C=O) groups is 1. The second-order valence-electron chi connectivity index (χ2n) is 4.31. The average molecular weight is 341 g/mol. The van der Waals surface area contributed by atoms with E-state index in [0.717, 1.165) is 4.88 Å². The number of hydrogen-bond acceptors (Lipinski definition) is 6. The van der Waals surface area contributed by atoms with Crippen molar-refractivity contribution in [2.45, 2.75) is 11.8 Å². The van der Waals surface area contributed by atoms with Gasteiger partial charge in [0.25, 0.3) is 15.9 Å². The van der Waals surface area contributed by atoms with Crippen molar-refractivity contribution >= 4 is 32.4 Å². The van der Waals surface area contributed by atoms with Gasteiger partial charge in [-0.1, -0.05) is 0 Å². The fourth-order valence-electron chi connectivity index (χ4n) is 1.51. The average Bonchev–Trinajstić information content (AvgIpc) is 2.89. The summed E-state index contributed by atoms with van der Waals surface area (Å²) in [5.74, 6) is 0.144. The zero-order chi connectivity index (χ0) is 16.2. The summed E-state index contributed by atoms with van der Waals surface area (Å²) in [6.45, 7) is 1.72. The van der Waals surface area contributed by atoms with E-state index >= 15 is 0 Å². The van der Waals surface area contributed by atoms with E-state index in [1.165, 1.54) is 42.6 Å². The van der Waals surface area contributed by atoms with Crippen molar-refractivity contribution in [3.05, 3.63) is 35.3 Å². The van der Waals surface area contributed by atoms with Crippen LogP contribution in [-0.2, 0) is 14.8 Å². The number of thiazole rings is 1. The number of sulfonamides is 1. The molecule has 9 heteroatoms. The van der Waals surface area contributed by atoms with Crippen molar-refractivity contribution in [1.29, 1.82) is 0 Å². The van der Waals surface area contributed by atoms with Crippen LogP contribution in [0.3, 0.4) is 0 Å². The van der Waals surface area contributed by atoms with E-state index in [1.807, 2.05) is 6.92 Å². The second-order valence-corrected chi connectivity index (χ2v) is 7.23. The van der Waals surface area contributed by atoms with Crippen LogP contribution >= 0.6 is 11.3 Å². The number of amides is 1. The van der Waals surface area contributed by atoms with Gasteiger partial charge in [-0.15, -0.1) is 11.3 Å². The Morgan fingerprint density at radius 1 is 1.32 bits per heavy atom. The highest BCUT2D eigenvalue weighted by molar-refractivity contribution is 7.93. The smallest absolute Gasteiger partial charge is 0.263 e. The molecule has 0 saturated heterocycles. The molecule has 1 amide bonds. The second kappa shape index (κ2) is 6.75. The maximum absolute atomic E-state index is 12.2. The van der Waals surface area contributed by atoms with Gasteiger partial charge >= 0.3 is 0 Å². The van der Waals surface area contributed by atoms with Crippen molar-refractivity contribution in [3.8, 4) is 5.75 Å². The zero-order valence-electron chi connectivity index (χ0n) is 12.0. The molecule has 1 aromatic heterocycles. The predicted molar refractivity (Wildman–Crippen MR) is 83.7 cm³/mol. The number of nitrogens with zero attached hydrogens (tertiary/aromatic N) is 1. The Bertz CT molecular complexity index is 754. The van der Waals surface area contributed by atoms with Crippen molar-refractivity contribution in [1.82, 2.24) is 10.3 Å². The number of ether oxygens (including phenoxy) is 1. The molecule has 22 heavy (non-hydrogen) atoms. The minimum atomic E-state index is -3.69. The van der Waals surface area contributed by atoms with E-state index in [0.29, 0.717) is 10.9 Å². The van der Waals surface area contributed by atoms with Crippen LogP contribution in [0, 0.1) is 6.92 Å². The number of rotatable bonds is 6. The van der Waals surface area contributed by atoms with Gasteiger partial charge in [0.2, 0.25) is 0 Å². The lowest BCUT2D eigenvalue weighted by molar-refractivity contribution is -0.122. The molecule has 0 aliphatic carbocycles. The molecule has 0 unspecified atom stereocenters. The first-order valence-corrected chi connectivity index (χ1v) is 8.59. The van der Waals surface area contributed by atoms with E-state index < -0.39 is 10.0 Å². The SMILES string of the molecule is CNC(=O)COc1ccc(S(=O)(=O)Nc2ncc(C)s2)cc1. The van der Waals surface area contributed by atoms with Crippen LogP contribution in [0.4, 0.5) is 5.13 Å². The fourth-order valence-corrected chi connectivity index (χ4v) is 3.42.